The lowest BCUT2D eigenvalue weighted by Gasteiger charge is -2.25. The average Bonchev–Trinajstić information content (AvgIpc) is 2.79. The van der Waals surface area contributed by atoms with E-state index in [1.165, 1.54) is 25.2 Å². The van der Waals surface area contributed by atoms with Gasteiger partial charge in [-0.25, -0.2) is 0 Å². The number of benzene rings is 3. The van der Waals surface area contributed by atoms with E-state index in [-0.39, 0.29) is 39.0 Å². The minimum Gasteiger partial charge on any atom is -0.354 e. The third-order valence-electron chi connectivity index (χ3n) is 6.12. The first kappa shape index (κ1) is 23.9. The molecule has 0 saturated carbocycles. The highest BCUT2D eigenvalue weighted by atomic mass is 32.2. The quantitative estimate of drug-likeness (QED) is 0.299. The maximum Gasteiger partial charge on any atom is 0.296 e. The Kier molecular flexibility index (Phi) is 5.20. The molecule has 0 atom stereocenters. The summed E-state index contributed by atoms with van der Waals surface area (Å²) in [6.07, 6.45) is 0. The van der Waals surface area contributed by atoms with Crippen LogP contribution in [0, 0.1) is 6.92 Å². The second kappa shape index (κ2) is 7.83. The zero-order valence-corrected chi connectivity index (χ0v) is 20.4. The van der Waals surface area contributed by atoms with E-state index >= 15 is 0 Å². The molecule has 184 valence electrons. The van der Waals surface area contributed by atoms with E-state index in [4.69, 9.17) is 0 Å². The Labute approximate surface area is 205 Å². The van der Waals surface area contributed by atoms with Gasteiger partial charge in [-0.2, -0.15) is 16.8 Å². The van der Waals surface area contributed by atoms with Crippen LogP contribution < -0.4 is 10.9 Å². The van der Waals surface area contributed by atoms with E-state index in [0.717, 1.165) is 10.6 Å². The Morgan fingerprint density at radius 2 is 1.42 bits per heavy atom. The van der Waals surface area contributed by atoms with Crippen LogP contribution in [0.3, 0.4) is 0 Å². The van der Waals surface area contributed by atoms with Crippen LogP contribution in [0.1, 0.15) is 21.5 Å². The number of hydrogen-bond donors (Lipinski definition) is 3. The molecule has 1 aromatic heterocycles. The van der Waals surface area contributed by atoms with E-state index in [0.29, 0.717) is 11.1 Å². The van der Waals surface area contributed by atoms with E-state index in [1.807, 2.05) is 0 Å². The van der Waals surface area contributed by atoms with Gasteiger partial charge in [-0.15, -0.1) is 0 Å². The molecule has 1 aliphatic rings. The molecule has 36 heavy (non-hydrogen) atoms. The molecule has 4 aromatic rings. The van der Waals surface area contributed by atoms with Crippen molar-refractivity contribution in [3.05, 3.63) is 81.6 Å². The Hall–Kier alpha value is -3.84. The van der Waals surface area contributed by atoms with Crippen LogP contribution in [0.5, 0.6) is 0 Å². The molecule has 10 nitrogen and oxygen atoms in total. The van der Waals surface area contributed by atoms with Crippen LogP contribution in [0.2, 0.25) is 0 Å². The highest BCUT2D eigenvalue weighted by Gasteiger charge is 2.33. The number of nitrogens with one attached hydrogen (secondary N) is 1. The van der Waals surface area contributed by atoms with Gasteiger partial charge < -0.3 is 9.88 Å². The number of carbonyl (C=O) groups excluding carboxylic acids is 1. The lowest BCUT2D eigenvalue weighted by Crippen LogP contribution is -2.23. The molecule has 0 amide bonds. The van der Waals surface area contributed by atoms with Crippen molar-refractivity contribution in [3.8, 4) is 11.1 Å². The molecule has 0 fully saturated rings. The Bertz CT molecular complexity index is 1920. The predicted octanol–water partition coefficient (Wildman–Crippen LogP) is 3.30. The van der Waals surface area contributed by atoms with Gasteiger partial charge in [0.1, 0.15) is 9.79 Å². The number of aromatic nitrogens is 1. The number of ketones is 1. The molecule has 0 unspecified atom stereocenters. The summed E-state index contributed by atoms with van der Waals surface area (Å²) < 4.78 is 69.8. The molecule has 12 heteroatoms. The Morgan fingerprint density at radius 3 is 2.06 bits per heavy atom. The van der Waals surface area contributed by atoms with Crippen molar-refractivity contribution in [3.63, 3.8) is 0 Å². The van der Waals surface area contributed by atoms with Gasteiger partial charge in [0, 0.05) is 24.1 Å². The molecule has 0 radical (unpaired) electrons. The molecular weight excluding hydrogens is 508 g/mol. The number of pyridine rings is 1. The smallest absolute Gasteiger partial charge is 0.296 e. The van der Waals surface area contributed by atoms with Gasteiger partial charge in [-0.05, 0) is 41.8 Å². The highest BCUT2D eigenvalue weighted by molar-refractivity contribution is 7.86. The van der Waals surface area contributed by atoms with Gasteiger partial charge in [0.2, 0.25) is 0 Å². The Balaban J connectivity index is 1.96. The standard InChI is InChI=1S/C24H18N2O8S2/c1-12-7-8-16(18(9-12)35(29,30)31)25-17-11-19(36(32,33)34)23-21-15(10-20(27)26(23)2)13-5-3-4-6-14(13)24(28)22(17)21/h3-11,25H,1-2H3,(H,29,30,31)(H,32,33,34). The normalized spacial score (nSPS) is 13.1. The molecule has 0 spiro atoms. The molecule has 0 aliphatic heterocycles. The van der Waals surface area contributed by atoms with E-state index in [2.05, 4.69) is 5.32 Å². The molecule has 5 rings (SSSR count). The van der Waals surface area contributed by atoms with Crippen molar-refractivity contribution >= 4 is 48.3 Å². The summed E-state index contributed by atoms with van der Waals surface area (Å²) in [6, 6.07) is 12.8. The summed E-state index contributed by atoms with van der Waals surface area (Å²) in [6.45, 7) is 1.61. The SMILES string of the molecule is Cc1ccc(Nc2cc(S(=O)(=O)O)c3c4c(cc(=O)n3C)-c3ccccc3C(=O)c24)c(S(=O)(=O)O)c1. The van der Waals surface area contributed by atoms with Crippen molar-refractivity contribution < 1.29 is 30.7 Å². The van der Waals surface area contributed by atoms with Gasteiger partial charge >= 0.3 is 0 Å². The van der Waals surface area contributed by atoms with Crippen molar-refractivity contribution in [2.45, 2.75) is 16.7 Å². The second-order valence-corrected chi connectivity index (χ2v) is 11.2. The number of fused-ring (bicyclic) bond motifs is 2. The van der Waals surface area contributed by atoms with Gasteiger partial charge in [-0.3, -0.25) is 18.7 Å². The van der Waals surface area contributed by atoms with E-state index < -0.39 is 41.4 Å². The summed E-state index contributed by atoms with van der Waals surface area (Å²) in [7, 11) is -8.31. The maximum absolute atomic E-state index is 13.7. The molecule has 3 N–H and O–H groups in total. The van der Waals surface area contributed by atoms with Crippen molar-refractivity contribution in [1.29, 1.82) is 0 Å². The molecule has 1 aliphatic carbocycles. The number of anilines is 2. The van der Waals surface area contributed by atoms with E-state index in [1.54, 1.807) is 37.3 Å². The van der Waals surface area contributed by atoms with Crippen molar-refractivity contribution in [2.24, 2.45) is 7.05 Å². The zero-order chi connectivity index (χ0) is 26.2. The molecule has 0 saturated heterocycles. The summed E-state index contributed by atoms with van der Waals surface area (Å²) >= 11 is 0. The van der Waals surface area contributed by atoms with E-state index in [9.17, 15) is 35.5 Å². The summed E-state index contributed by atoms with van der Waals surface area (Å²) in [4.78, 5) is 25.3. The minimum atomic E-state index is -4.92. The van der Waals surface area contributed by atoms with Gasteiger partial charge in [0.05, 0.1) is 22.5 Å². The fourth-order valence-corrected chi connectivity index (χ4v) is 6.01. The monoisotopic (exact) mass is 526 g/mol. The average molecular weight is 527 g/mol. The topological polar surface area (TPSA) is 160 Å². The fourth-order valence-electron chi connectivity index (χ4n) is 4.53. The second-order valence-electron chi connectivity index (χ2n) is 8.43. The van der Waals surface area contributed by atoms with Crippen LogP contribution >= 0.6 is 0 Å². The van der Waals surface area contributed by atoms with Gasteiger partial charge in [0.15, 0.2) is 5.78 Å². The number of aryl methyl sites for hydroxylation is 2. The third kappa shape index (κ3) is 3.62. The van der Waals surface area contributed by atoms with Crippen molar-refractivity contribution in [1.82, 2.24) is 4.57 Å². The minimum absolute atomic E-state index is 0.0245. The van der Waals surface area contributed by atoms with Gasteiger partial charge in [-0.1, -0.05) is 30.3 Å². The van der Waals surface area contributed by atoms with Crippen LogP contribution in [0.15, 0.2) is 69.2 Å². The summed E-state index contributed by atoms with van der Waals surface area (Å²) in [5.74, 6) is -0.508. The van der Waals surface area contributed by atoms with Crippen LogP contribution in [-0.4, -0.2) is 36.3 Å². The molecular formula is C24H18N2O8S2. The van der Waals surface area contributed by atoms with Crippen LogP contribution in [-0.2, 0) is 27.3 Å². The lowest BCUT2D eigenvalue weighted by atomic mass is 9.83. The zero-order valence-electron chi connectivity index (χ0n) is 18.8. The number of rotatable bonds is 4. The highest BCUT2D eigenvalue weighted by Crippen LogP contribution is 2.44. The first-order valence-corrected chi connectivity index (χ1v) is 13.3. The number of nitrogens with zero attached hydrogens (tertiary/aromatic N) is 1. The molecule has 1 heterocycles. The first-order chi connectivity index (χ1) is 16.8. The van der Waals surface area contributed by atoms with Crippen LogP contribution in [0.4, 0.5) is 11.4 Å². The van der Waals surface area contributed by atoms with Crippen molar-refractivity contribution in [2.75, 3.05) is 5.32 Å². The predicted molar refractivity (Wildman–Crippen MR) is 132 cm³/mol. The number of hydrogen-bond acceptors (Lipinski definition) is 7. The summed E-state index contributed by atoms with van der Waals surface area (Å²) in [5.41, 5.74) is 0.434. The molecule has 3 aromatic carbocycles. The van der Waals surface area contributed by atoms with Gasteiger partial charge in [0.25, 0.3) is 25.8 Å². The molecule has 0 bridgehead atoms. The number of carbonyl (C=O) groups is 1. The van der Waals surface area contributed by atoms with Crippen LogP contribution in [0.25, 0.3) is 22.0 Å². The summed E-state index contributed by atoms with van der Waals surface area (Å²) in [5, 5.41) is 2.86. The maximum atomic E-state index is 13.7. The first-order valence-electron chi connectivity index (χ1n) is 10.5. The fraction of sp³-hybridized carbons (Fsp3) is 0.0833. The lowest BCUT2D eigenvalue weighted by molar-refractivity contribution is 0.104. The Morgan fingerprint density at radius 1 is 0.778 bits per heavy atom. The third-order valence-corrected chi connectivity index (χ3v) is 7.88. The largest absolute Gasteiger partial charge is 0.354 e.